The molecule has 0 aliphatic rings. The molecule has 0 aliphatic carbocycles. The van der Waals surface area contributed by atoms with E-state index in [2.05, 4.69) is 30.6 Å². The van der Waals surface area contributed by atoms with E-state index in [4.69, 9.17) is 0 Å². The summed E-state index contributed by atoms with van der Waals surface area (Å²) in [5.74, 6) is 0.478. The number of rotatable bonds is 6. The van der Waals surface area contributed by atoms with Crippen LogP contribution >= 0.6 is 25.3 Å². The zero-order chi connectivity index (χ0) is 11.1. The summed E-state index contributed by atoms with van der Waals surface area (Å²) in [7, 11) is 3.95. The number of amides is 1. The zero-order valence-electron chi connectivity index (χ0n) is 9.03. The highest BCUT2D eigenvalue weighted by Gasteiger charge is 2.20. The molecule has 0 aromatic rings. The minimum atomic E-state index is -0.108. The van der Waals surface area contributed by atoms with Gasteiger partial charge in [0.05, 0.1) is 5.92 Å². The highest BCUT2D eigenvalue weighted by atomic mass is 32.1. The Morgan fingerprint density at radius 2 is 2.07 bits per heavy atom. The number of hydrogen-bond acceptors (Lipinski definition) is 4. The number of carbonyl (C=O) groups is 1. The van der Waals surface area contributed by atoms with Gasteiger partial charge in [0, 0.05) is 24.1 Å². The predicted octanol–water partition coefficient (Wildman–Crippen LogP) is 0.528. The van der Waals surface area contributed by atoms with Crippen molar-refractivity contribution in [3.63, 3.8) is 0 Å². The molecule has 1 amide bonds. The molecule has 14 heavy (non-hydrogen) atoms. The molecule has 0 aromatic carbocycles. The third-order valence-corrected chi connectivity index (χ3v) is 2.73. The molecule has 0 saturated carbocycles. The van der Waals surface area contributed by atoms with Gasteiger partial charge in [0.2, 0.25) is 5.91 Å². The number of thiol groups is 2. The van der Waals surface area contributed by atoms with E-state index in [-0.39, 0.29) is 17.1 Å². The van der Waals surface area contributed by atoms with Crippen LogP contribution in [0.2, 0.25) is 0 Å². The van der Waals surface area contributed by atoms with Crippen LogP contribution in [0, 0.1) is 5.92 Å². The fourth-order valence-corrected chi connectivity index (χ4v) is 1.88. The van der Waals surface area contributed by atoms with Gasteiger partial charge in [-0.15, -0.1) is 0 Å². The molecule has 0 bridgehead atoms. The summed E-state index contributed by atoms with van der Waals surface area (Å²) in [6.45, 7) is 3.44. The van der Waals surface area contributed by atoms with E-state index in [1.165, 1.54) is 0 Å². The molecule has 0 heterocycles. The molecule has 5 heteroatoms. The lowest BCUT2D eigenvalue weighted by Crippen LogP contribution is -2.39. The molecular weight excluding hydrogens is 216 g/mol. The Balaban J connectivity index is 3.81. The molecule has 1 N–H and O–H groups in total. The van der Waals surface area contributed by atoms with Gasteiger partial charge in [-0.2, -0.15) is 25.3 Å². The van der Waals surface area contributed by atoms with Crippen molar-refractivity contribution >= 4 is 31.2 Å². The number of nitrogens with one attached hydrogen (secondary N) is 1. The van der Waals surface area contributed by atoms with Crippen LogP contribution in [-0.2, 0) is 4.79 Å². The Bertz CT molecular complexity index is 174. The van der Waals surface area contributed by atoms with Crippen LogP contribution in [0.5, 0.6) is 0 Å². The highest BCUT2D eigenvalue weighted by Crippen LogP contribution is 2.11. The van der Waals surface area contributed by atoms with E-state index < -0.39 is 0 Å². The van der Waals surface area contributed by atoms with Crippen molar-refractivity contribution < 1.29 is 4.79 Å². The topological polar surface area (TPSA) is 32.3 Å². The van der Waals surface area contributed by atoms with Crippen LogP contribution in [0.15, 0.2) is 0 Å². The first-order valence-electron chi connectivity index (χ1n) is 4.70. The van der Waals surface area contributed by atoms with Gasteiger partial charge in [-0.25, -0.2) is 0 Å². The van der Waals surface area contributed by atoms with Gasteiger partial charge in [0.25, 0.3) is 0 Å². The second-order valence-corrected chi connectivity index (χ2v) is 4.80. The summed E-state index contributed by atoms with van der Waals surface area (Å²) < 4.78 is 0. The lowest BCUT2D eigenvalue weighted by Gasteiger charge is -2.18. The summed E-state index contributed by atoms with van der Waals surface area (Å²) in [6, 6.07) is 0. The Labute approximate surface area is 97.4 Å². The van der Waals surface area contributed by atoms with Crippen molar-refractivity contribution in [3.05, 3.63) is 0 Å². The number of carbonyl (C=O) groups excluding carboxylic acids is 1. The van der Waals surface area contributed by atoms with E-state index in [0.717, 1.165) is 6.54 Å². The van der Waals surface area contributed by atoms with Gasteiger partial charge >= 0.3 is 0 Å². The quantitative estimate of drug-likeness (QED) is 0.588. The van der Waals surface area contributed by atoms with Crippen LogP contribution in [0.1, 0.15) is 6.92 Å². The average molecular weight is 236 g/mol. The van der Waals surface area contributed by atoms with E-state index >= 15 is 0 Å². The fraction of sp³-hybridized carbons (Fsp3) is 0.889. The van der Waals surface area contributed by atoms with Crippen LogP contribution in [0.4, 0.5) is 0 Å². The molecule has 3 nitrogen and oxygen atoms in total. The van der Waals surface area contributed by atoms with Crippen LogP contribution in [0.25, 0.3) is 0 Å². The van der Waals surface area contributed by atoms with Crippen molar-refractivity contribution in [2.24, 2.45) is 5.92 Å². The maximum absolute atomic E-state index is 11.6. The molecule has 0 fully saturated rings. The van der Waals surface area contributed by atoms with Crippen molar-refractivity contribution in [1.82, 2.24) is 10.2 Å². The van der Waals surface area contributed by atoms with E-state index in [9.17, 15) is 4.79 Å². The van der Waals surface area contributed by atoms with Crippen LogP contribution < -0.4 is 5.32 Å². The minimum Gasteiger partial charge on any atom is -0.355 e. The number of nitrogens with zero attached hydrogens (tertiary/aromatic N) is 1. The molecule has 84 valence electrons. The molecule has 0 rings (SSSR count). The van der Waals surface area contributed by atoms with Crippen molar-refractivity contribution in [2.75, 3.05) is 32.9 Å². The first-order chi connectivity index (χ1) is 6.49. The fourth-order valence-electron chi connectivity index (χ4n) is 0.988. The molecule has 0 radical (unpaired) electrons. The van der Waals surface area contributed by atoms with Crippen molar-refractivity contribution in [2.45, 2.75) is 12.2 Å². The Hall–Kier alpha value is 0.130. The molecule has 0 aromatic heterocycles. The van der Waals surface area contributed by atoms with Crippen LogP contribution in [-0.4, -0.2) is 49.0 Å². The summed E-state index contributed by atoms with van der Waals surface area (Å²) in [5, 5.41) is 2.92. The van der Waals surface area contributed by atoms with Gasteiger partial charge in [0.15, 0.2) is 0 Å². The van der Waals surface area contributed by atoms with Gasteiger partial charge in [-0.05, 0) is 14.1 Å². The van der Waals surface area contributed by atoms with Crippen molar-refractivity contribution in [3.8, 4) is 0 Å². The van der Waals surface area contributed by atoms with Crippen molar-refractivity contribution in [1.29, 1.82) is 0 Å². The maximum Gasteiger partial charge on any atom is 0.225 e. The standard InChI is InChI=1S/C9H20N2OS2/c1-7(14)8(6-13)9(12)10-4-5-11(2)3/h7-8,13-14H,4-6H2,1-3H3,(H,10,12). The molecule has 2 unspecified atom stereocenters. The second kappa shape index (κ2) is 7.43. The molecule has 0 aliphatic heterocycles. The summed E-state index contributed by atoms with van der Waals surface area (Å²) in [6.07, 6.45) is 0. The third kappa shape index (κ3) is 5.78. The molecular formula is C9H20N2OS2. The summed E-state index contributed by atoms with van der Waals surface area (Å²) >= 11 is 8.39. The smallest absolute Gasteiger partial charge is 0.225 e. The molecule has 0 saturated heterocycles. The Morgan fingerprint density at radius 1 is 1.50 bits per heavy atom. The molecule has 0 spiro atoms. The zero-order valence-corrected chi connectivity index (χ0v) is 10.8. The van der Waals surface area contributed by atoms with E-state index in [0.29, 0.717) is 12.3 Å². The number of hydrogen-bond donors (Lipinski definition) is 3. The predicted molar refractivity (Wildman–Crippen MR) is 67.4 cm³/mol. The van der Waals surface area contributed by atoms with Crippen LogP contribution in [0.3, 0.4) is 0 Å². The van der Waals surface area contributed by atoms with Gasteiger partial charge in [0.1, 0.15) is 0 Å². The monoisotopic (exact) mass is 236 g/mol. The average Bonchev–Trinajstić information content (AvgIpc) is 2.03. The Kier molecular flexibility index (Phi) is 7.49. The van der Waals surface area contributed by atoms with Gasteiger partial charge in [-0.3, -0.25) is 4.79 Å². The SMILES string of the molecule is CC(S)C(CS)C(=O)NCCN(C)C. The Morgan fingerprint density at radius 3 is 2.43 bits per heavy atom. The van der Waals surface area contributed by atoms with E-state index in [1.807, 2.05) is 25.9 Å². The first-order valence-corrected chi connectivity index (χ1v) is 5.85. The van der Waals surface area contributed by atoms with Gasteiger partial charge in [-0.1, -0.05) is 6.92 Å². The lowest BCUT2D eigenvalue weighted by molar-refractivity contribution is -0.124. The minimum absolute atomic E-state index is 0.0457. The number of likely N-dealkylation sites (N-methyl/N-ethyl adjacent to an activating group) is 1. The lowest BCUT2D eigenvalue weighted by atomic mass is 10.1. The first kappa shape index (κ1) is 14.1. The van der Waals surface area contributed by atoms with E-state index in [1.54, 1.807) is 0 Å². The maximum atomic E-state index is 11.6. The summed E-state index contributed by atoms with van der Waals surface area (Å²) in [5.41, 5.74) is 0. The third-order valence-electron chi connectivity index (χ3n) is 1.97. The highest BCUT2D eigenvalue weighted by molar-refractivity contribution is 7.81. The largest absolute Gasteiger partial charge is 0.355 e. The normalized spacial score (nSPS) is 15.3. The second-order valence-electron chi connectivity index (χ2n) is 3.62. The summed E-state index contributed by atoms with van der Waals surface area (Å²) in [4.78, 5) is 13.6. The molecule has 2 atom stereocenters. The van der Waals surface area contributed by atoms with Gasteiger partial charge < -0.3 is 10.2 Å².